The molecular formula is C58H79N9O13. The molecule has 22 nitrogen and oxygen atoms in total. The SMILES string of the molecule is CC[C@H]1CCCCCCCCCN(CC(=O)N[C@@H](Cc2ccc(O)cc2)C(=O)O)N[C@@H](CC(C)C)C(=O)C(=O)C(Cc2ccc(O)cc2)NC(=O)[C@H](CCC(N)=O)NC(=O)C(CO)NC(=O)[C@H](Cc2c[nH]c3ccccc23)NC1=O. The summed E-state index contributed by atoms with van der Waals surface area (Å²) in [5.41, 5.74) is 11.0. The standard InChI is InChI=1S/C58H79N9O13/c1-4-38-14-10-8-6-5-7-9-13-27-67(33-51(72)61-48(58(79)80)30-37-19-23-41(70)24-20-37)66-46(28-35(2)3)53(74)52(73)45(29-36-17-21-40(69)22-18-36)63-55(76)44(25-26-50(59)71)62-57(78)49(34-68)65-56(77)47(64-54(38)75)31-39-32-60-43-16-12-11-15-42(39)43/h11-12,15-24,32,35,38,44-49,60,66,68-70H,4-10,13-14,25-31,33-34H2,1-3H3,(H2,59,71)(H,61,72)(H,62,78)(H,63,76)(H,64,75)(H,65,77)(H,79,80)/t38-,44-,45?,46-,47-,48-,49?/m0/s1. The van der Waals surface area contributed by atoms with Gasteiger partial charge in [0.2, 0.25) is 47.0 Å². The Morgan fingerprint density at radius 2 is 1.25 bits per heavy atom. The fraction of sp³-hybridized carbons (Fsp3) is 0.500. The van der Waals surface area contributed by atoms with Crippen molar-refractivity contribution >= 4 is 63.9 Å². The molecule has 13 N–H and O–H groups in total. The van der Waals surface area contributed by atoms with E-state index in [1.807, 2.05) is 45.0 Å². The fourth-order valence-corrected chi connectivity index (χ4v) is 9.68. The van der Waals surface area contributed by atoms with Gasteiger partial charge >= 0.3 is 5.97 Å². The monoisotopic (exact) mass is 1110 g/mol. The van der Waals surface area contributed by atoms with Crippen molar-refractivity contribution in [2.75, 3.05) is 19.7 Å². The second kappa shape index (κ2) is 31.8. The summed E-state index contributed by atoms with van der Waals surface area (Å²) >= 11 is 0. The first-order chi connectivity index (χ1) is 38.2. The maximum absolute atomic E-state index is 14.7. The molecule has 0 aliphatic carbocycles. The minimum absolute atomic E-state index is 0.00235. The second-order valence-electron chi connectivity index (χ2n) is 21.0. The maximum atomic E-state index is 14.7. The first kappa shape index (κ1) is 63.1. The molecule has 1 aromatic heterocycles. The lowest BCUT2D eigenvalue weighted by Crippen LogP contribution is -2.60. The highest BCUT2D eigenvalue weighted by molar-refractivity contribution is 6.41. The minimum atomic E-state index is -1.70. The summed E-state index contributed by atoms with van der Waals surface area (Å²) in [6, 6.07) is 10.1. The predicted octanol–water partition coefficient (Wildman–Crippen LogP) is 2.89. The number of benzene rings is 3. The number of aromatic hydroxyl groups is 2. The highest BCUT2D eigenvalue weighted by Crippen LogP contribution is 2.22. The van der Waals surface area contributed by atoms with E-state index < -0.39 is 115 Å². The number of aliphatic hydroxyl groups is 1. The number of carbonyl (C=O) groups is 9. The zero-order valence-corrected chi connectivity index (χ0v) is 45.8. The van der Waals surface area contributed by atoms with Crippen molar-refractivity contribution < 1.29 is 63.6 Å². The second-order valence-corrected chi connectivity index (χ2v) is 21.0. The highest BCUT2D eigenvalue weighted by atomic mass is 16.4. The number of rotatable bonds is 17. The number of primary amides is 1. The average molecular weight is 1110 g/mol. The molecule has 0 radical (unpaired) electrons. The summed E-state index contributed by atoms with van der Waals surface area (Å²) < 4.78 is 0. The van der Waals surface area contributed by atoms with Crippen LogP contribution in [-0.4, -0.2) is 139 Å². The van der Waals surface area contributed by atoms with Crippen LogP contribution in [-0.2, 0) is 62.4 Å². The van der Waals surface area contributed by atoms with Gasteiger partial charge in [-0.3, -0.25) is 38.4 Å². The van der Waals surface area contributed by atoms with Crippen LogP contribution in [0.4, 0.5) is 0 Å². The fourth-order valence-electron chi connectivity index (χ4n) is 9.68. The number of aromatic amines is 1. The zero-order chi connectivity index (χ0) is 58.3. The number of nitrogens with one attached hydrogen (secondary N) is 7. The third-order valence-corrected chi connectivity index (χ3v) is 14.2. The number of hydrogen-bond donors (Lipinski definition) is 12. The molecule has 1 saturated heterocycles. The Bertz CT molecular complexity index is 2730. The van der Waals surface area contributed by atoms with Gasteiger partial charge in [-0.15, -0.1) is 0 Å². The van der Waals surface area contributed by atoms with Crippen molar-refractivity contribution in [3.05, 3.63) is 95.7 Å². The molecule has 0 bridgehead atoms. The summed E-state index contributed by atoms with van der Waals surface area (Å²) in [5, 5.41) is 55.8. The number of hydrogen-bond acceptors (Lipinski definition) is 14. The number of aromatic nitrogens is 1. The Labute approximate surface area is 465 Å². The van der Waals surface area contributed by atoms with E-state index in [1.165, 1.54) is 53.5 Å². The average Bonchev–Trinajstić information content (AvgIpc) is 3.86. The zero-order valence-electron chi connectivity index (χ0n) is 45.8. The van der Waals surface area contributed by atoms with Crippen LogP contribution in [0.25, 0.3) is 10.9 Å². The van der Waals surface area contributed by atoms with Crippen LogP contribution in [0, 0.1) is 11.8 Å². The number of aliphatic carboxylic acids is 1. The number of nitrogens with two attached hydrogens (primary N) is 1. The smallest absolute Gasteiger partial charge is 0.326 e. The Balaban J connectivity index is 1.48. The van der Waals surface area contributed by atoms with E-state index in [0.29, 0.717) is 42.4 Å². The molecular weight excluding hydrogens is 1030 g/mol. The number of ketones is 2. The van der Waals surface area contributed by atoms with Gasteiger partial charge in [0, 0.05) is 55.2 Å². The third-order valence-electron chi connectivity index (χ3n) is 14.2. The molecule has 3 aromatic carbocycles. The van der Waals surface area contributed by atoms with Crippen molar-refractivity contribution in [1.82, 2.24) is 42.0 Å². The van der Waals surface area contributed by atoms with Crippen molar-refractivity contribution in [3.8, 4) is 11.5 Å². The normalized spacial score (nSPS) is 21.9. The topological polar surface area (TPSA) is 352 Å². The van der Waals surface area contributed by atoms with Gasteiger partial charge in [0.15, 0.2) is 0 Å². The first-order valence-corrected chi connectivity index (χ1v) is 27.6. The van der Waals surface area contributed by atoms with Crippen molar-refractivity contribution in [2.24, 2.45) is 17.6 Å². The minimum Gasteiger partial charge on any atom is -0.508 e. The molecule has 4 aromatic rings. The molecule has 6 amide bonds. The molecule has 2 unspecified atom stereocenters. The van der Waals surface area contributed by atoms with Gasteiger partial charge in [-0.2, -0.15) is 0 Å². The Morgan fingerprint density at radius 1 is 0.688 bits per heavy atom. The lowest BCUT2D eigenvalue weighted by Gasteiger charge is -2.30. The van der Waals surface area contributed by atoms with E-state index in [-0.39, 0.29) is 55.6 Å². The third kappa shape index (κ3) is 20.2. The molecule has 434 valence electrons. The van der Waals surface area contributed by atoms with Crippen LogP contribution in [0.3, 0.4) is 0 Å². The van der Waals surface area contributed by atoms with Gasteiger partial charge in [-0.25, -0.2) is 15.2 Å². The van der Waals surface area contributed by atoms with Crippen LogP contribution in [0.1, 0.15) is 115 Å². The van der Waals surface area contributed by atoms with Crippen LogP contribution < -0.4 is 37.7 Å². The molecule has 1 aliphatic heterocycles. The van der Waals surface area contributed by atoms with Crippen molar-refractivity contribution in [3.63, 3.8) is 0 Å². The molecule has 0 saturated carbocycles. The number of aliphatic hydroxyl groups excluding tert-OH is 1. The molecule has 1 fully saturated rings. The van der Waals surface area contributed by atoms with Gasteiger partial charge in [0.1, 0.15) is 35.7 Å². The van der Waals surface area contributed by atoms with Gasteiger partial charge in [-0.1, -0.05) is 102 Å². The van der Waals surface area contributed by atoms with E-state index in [9.17, 15) is 63.6 Å². The van der Waals surface area contributed by atoms with Crippen LogP contribution in [0.15, 0.2) is 79.0 Å². The van der Waals surface area contributed by atoms with Gasteiger partial charge in [0.25, 0.3) is 0 Å². The van der Waals surface area contributed by atoms with E-state index in [4.69, 9.17) is 5.73 Å². The Kier molecular flexibility index (Phi) is 25.1. The maximum Gasteiger partial charge on any atom is 0.326 e. The van der Waals surface area contributed by atoms with E-state index in [0.717, 1.165) is 43.0 Å². The number of carboxylic acids is 1. The molecule has 22 heteroatoms. The number of carbonyl (C=O) groups excluding carboxylic acids is 8. The van der Waals surface area contributed by atoms with E-state index >= 15 is 0 Å². The number of Topliss-reactive ketones (excluding diaryl/α,β-unsaturated/α-hetero) is 2. The number of nitrogens with zero attached hydrogens (tertiary/aromatic N) is 1. The quantitative estimate of drug-likeness (QED) is 0.0677. The van der Waals surface area contributed by atoms with Crippen LogP contribution in [0.2, 0.25) is 0 Å². The van der Waals surface area contributed by atoms with Gasteiger partial charge in [0.05, 0.1) is 25.2 Å². The number of amides is 6. The first-order valence-electron chi connectivity index (χ1n) is 27.6. The summed E-state index contributed by atoms with van der Waals surface area (Å²) in [7, 11) is 0. The van der Waals surface area contributed by atoms with E-state index in [1.54, 1.807) is 6.20 Å². The summed E-state index contributed by atoms with van der Waals surface area (Å²) in [6.45, 7) is 4.31. The number of hydrazine groups is 1. The molecule has 2 heterocycles. The number of H-pyrrole nitrogens is 1. The Hall–Kier alpha value is -7.69. The predicted molar refractivity (Wildman–Crippen MR) is 297 cm³/mol. The number of phenols is 2. The van der Waals surface area contributed by atoms with Crippen LogP contribution >= 0.6 is 0 Å². The number of phenolic OH excluding ortho intramolecular Hbond substituents is 2. The highest BCUT2D eigenvalue weighted by Gasteiger charge is 2.37. The van der Waals surface area contributed by atoms with Gasteiger partial charge in [-0.05, 0) is 85.0 Å². The summed E-state index contributed by atoms with van der Waals surface area (Å²) in [4.78, 5) is 128. The Morgan fingerprint density at radius 3 is 1.88 bits per heavy atom. The lowest BCUT2D eigenvalue weighted by molar-refractivity contribution is -0.142. The van der Waals surface area contributed by atoms with E-state index in [2.05, 4.69) is 37.0 Å². The summed E-state index contributed by atoms with van der Waals surface area (Å²) in [5.74, 6) is -8.99. The molecule has 0 spiro atoms. The van der Waals surface area contributed by atoms with Gasteiger partial charge < -0.3 is 57.7 Å². The number of fused-ring (bicyclic) bond motifs is 1. The molecule has 7 atom stereocenters. The molecule has 1 aliphatic rings. The summed E-state index contributed by atoms with van der Waals surface area (Å²) in [6.07, 6.45) is 6.80. The molecule has 5 rings (SSSR count). The van der Waals surface area contributed by atoms with Crippen molar-refractivity contribution in [1.29, 1.82) is 0 Å². The van der Waals surface area contributed by atoms with Crippen LogP contribution in [0.5, 0.6) is 11.5 Å². The largest absolute Gasteiger partial charge is 0.508 e. The molecule has 80 heavy (non-hydrogen) atoms. The number of para-hydroxylation sites is 1. The lowest BCUT2D eigenvalue weighted by atomic mass is 9.92. The van der Waals surface area contributed by atoms with Crippen molar-refractivity contribution in [2.45, 2.75) is 153 Å². The number of carboxylic acid groups (broad SMARTS) is 1.